The van der Waals surface area contributed by atoms with Gasteiger partial charge in [0.05, 0.1) is 0 Å². The fourth-order valence-corrected chi connectivity index (χ4v) is 1.81. The molecular formula is C16H22N2O4. The Bertz CT molecular complexity index is 514. The minimum Gasteiger partial charge on any atom is -0.460 e. The van der Waals surface area contributed by atoms with Gasteiger partial charge in [0, 0.05) is 6.92 Å². The Hall–Kier alpha value is -2.37. The number of ether oxygens (including phenoxy) is 1. The van der Waals surface area contributed by atoms with Crippen molar-refractivity contribution in [1.82, 2.24) is 10.6 Å². The van der Waals surface area contributed by atoms with Crippen LogP contribution in [0.15, 0.2) is 30.3 Å². The lowest BCUT2D eigenvalue weighted by molar-refractivity contribution is -0.145. The highest BCUT2D eigenvalue weighted by molar-refractivity contribution is 5.89. The number of esters is 1. The van der Waals surface area contributed by atoms with Crippen LogP contribution in [-0.4, -0.2) is 30.4 Å². The van der Waals surface area contributed by atoms with Crippen molar-refractivity contribution in [2.45, 2.75) is 33.4 Å². The summed E-state index contributed by atoms with van der Waals surface area (Å²) in [6, 6.07) is 8.60. The fourth-order valence-electron chi connectivity index (χ4n) is 1.81. The third-order valence-electron chi connectivity index (χ3n) is 2.96. The zero-order chi connectivity index (χ0) is 16.5. The van der Waals surface area contributed by atoms with Crippen molar-refractivity contribution in [3.8, 4) is 0 Å². The Morgan fingerprint density at radius 1 is 1.14 bits per heavy atom. The molecule has 6 nitrogen and oxygen atoms in total. The van der Waals surface area contributed by atoms with E-state index >= 15 is 0 Å². The molecule has 0 bridgehead atoms. The summed E-state index contributed by atoms with van der Waals surface area (Å²) < 4.78 is 5.06. The highest BCUT2D eigenvalue weighted by Crippen LogP contribution is 2.02. The van der Waals surface area contributed by atoms with Crippen LogP contribution >= 0.6 is 0 Å². The van der Waals surface area contributed by atoms with Crippen LogP contribution in [0.25, 0.3) is 0 Å². The van der Waals surface area contributed by atoms with E-state index in [-0.39, 0.29) is 25.0 Å². The van der Waals surface area contributed by atoms with Gasteiger partial charge < -0.3 is 15.4 Å². The summed E-state index contributed by atoms with van der Waals surface area (Å²) in [5.41, 5.74) is 0.875. The average Bonchev–Trinajstić information content (AvgIpc) is 2.48. The molecule has 0 radical (unpaired) electrons. The standard InChI is InChI=1S/C16H22N2O4/c1-11(2)15(18-12(3)19)16(21)17-9-14(20)22-10-13-7-5-4-6-8-13/h4-8,11,15H,9-10H2,1-3H3,(H,17,21)(H,18,19). The second kappa shape index (κ2) is 8.81. The van der Waals surface area contributed by atoms with Crippen LogP contribution in [0.5, 0.6) is 0 Å². The molecule has 22 heavy (non-hydrogen) atoms. The number of nitrogens with one attached hydrogen (secondary N) is 2. The average molecular weight is 306 g/mol. The minimum absolute atomic E-state index is 0.0794. The molecule has 0 fully saturated rings. The van der Waals surface area contributed by atoms with Crippen molar-refractivity contribution < 1.29 is 19.1 Å². The van der Waals surface area contributed by atoms with Crippen LogP contribution in [0.1, 0.15) is 26.3 Å². The van der Waals surface area contributed by atoms with Gasteiger partial charge in [0.2, 0.25) is 11.8 Å². The van der Waals surface area contributed by atoms with Crippen LogP contribution in [-0.2, 0) is 25.7 Å². The maximum absolute atomic E-state index is 12.0. The topological polar surface area (TPSA) is 84.5 Å². The number of benzene rings is 1. The monoisotopic (exact) mass is 306 g/mol. The maximum atomic E-state index is 12.0. The first-order chi connectivity index (χ1) is 10.4. The second-order valence-corrected chi connectivity index (χ2v) is 5.29. The van der Waals surface area contributed by atoms with E-state index < -0.39 is 17.9 Å². The van der Waals surface area contributed by atoms with Crippen LogP contribution in [0.2, 0.25) is 0 Å². The molecule has 0 saturated carbocycles. The summed E-state index contributed by atoms with van der Waals surface area (Å²) in [7, 11) is 0. The number of hydrogen-bond acceptors (Lipinski definition) is 4. The van der Waals surface area contributed by atoms with E-state index in [2.05, 4.69) is 10.6 Å². The number of rotatable bonds is 7. The smallest absolute Gasteiger partial charge is 0.325 e. The molecule has 0 heterocycles. The Labute approximate surface area is 130 Å². The third kappa shape index (κ3) is 6.39. The maximum Gasteiger partial charge on any atom is 0.325 e. The molecule has 1 aromatic rings. The van der Waals surface area contributed by atoms with E-state index in [1.807, 2.05) is 44.2 Å². The molecule has 0 saturated heterocycles. The summed E-state index contributed by atoms with van der Waals surface area (Å²) in [5, 5.41) is 5.03. The molecule has 2 N–H and O–H groups in total. The van der Waals surface area contributed by atoms with Crippen LogP contribution in [0, 0.1) is 5.92 Å². The Morgan fingerprint density at radius 3 is 2.32 bits per heavy atom. The quantitative estimate of drug-likeness (QED) is 0.736. The zero-order valence-corrected chi connectivity index (χ0v) is 13.1. The molecule has 0 aromatic heterocycles. The summed E-state index contributed by atoms with van der Waals surface area (Å²) >= 11 is 0. The molecule has 1 atom stereocenters. The minimum atomic E-state index is -0.667. The molecular weight excluding hydrogens is 284 g/mol. The van der Waals surface area contributed by atoms with Gasteiger partial charge in [-0.1, -0.05) is 44.2 Å². The van der Waals surface area contributed by atoms with E-state index in [1.165, 1.54) is 6.92 Å². The summed E-state index contributed by atoms with van der Waals surface area (Å²) in [6.07, 6.45) is 0. The molecule has 120 valence electrons. The number of amides is 2. The number of carbonyl (C=O) groups excluding carboxylic acids is 3. The molecule has 2 amide bonds. The van der Waals surface area contributed by atoms with Crippen molar-refractivity contribution in [2.75, 3.05) is 6.54 Å². The van der Waals surface area contributed by atoms with E-state index in [4.69, 9.17) is 4.74 Å². The third-order valence-corrected chi connectivity index (χ3v) is 2.96. The largest absolute Gasteiger partial charge is 0.460 e. The van der Waals surface area contributed by atoms with E-state index in [1.54, 1.807) is 0 Å². The molecule has 6 heteroatoms. The first kappa shape index (κ1) is 17.7. The second-order valence-electron chi connectivity index (χ2n) is 5.29. The fraction of sp³-hybridized carbons (Fsp3) is 0.438. The van der Waals surface area contributed by atoms with Gasteiger partial charge in [-0.2, -0.15) is 0 Å². The first-order valence-corrected chi connectivity index (χ1v) is 7.14. The molecule has 0 aliphatic heterocycles. The van der Waals surface area contributed by atoms with E-state index in [9.17, 15) is 14.4 Å². The van der Waals surface area contributed by atoms with Crippen molar-refractivity contribution in [1.29, 1.82) is 0 Å². The van der Waals surface area contributed by atoms with Crippen molar-refractivity contribution in [3.63, 3.8) is 0 Å². The SMILES string of the molecule is CC(=O)NC(C(=O)NCC(=O)OCc1ccccc1)C(C)C. The first-order valence-electron chi connectivity index (χ1n) is 7.14. The molecule has 1 rings (SSSR count). The lowest BCUT2D eigenvalue weighted by Gasteiger charge is -2.20. The van der Waals surface area contributed by atoms with Crippen molar-refractivity contribution in [3.05, 3.63) is 35.9 Å². The van der Waals surface area contributed by atoms with Crippen molar-refractivity contribution >= 4 is 17.8 Å². The lowest BCUT2D eigenvalue weighted by Crippen LogP contribution is -2.50. The number of hydrogen-bond donors (Lipinski definition) is 2. The molecule has 1 unspecified atom stereocenters. The molecule has 1 aromatic carbocycles. The van der Waals surface area contributed by atoms with Crippen LogP contribution in [0.4, 0.5) is 0 Å². The van der Waals surface area contributed by atoms with Gasteiger partial charge in [-0.3, -0.25) is 14.4 Å². The van der Waals surface area contributed by atoms with Gasteiger partial charge in [0.15, 0.2) is 0 Å². The molecule has 0 spiro atoms. The van der Waals surface area contributed by atoms with Gasteiger partial charge in [0.25, 0.3) is 0 Å². The Morgan fingerprint density at radius 2 is 1.77 bits per heavy atom. The van der Waals surface area contributed by atoms with E-state index in [0.717, 1.165) is 5.56 Å². The summed E-state index contributed by atoms with van der Waals surface area (Å²) in [5.74, 6) is -1.30. The van der Waals surface area contributed by atoms with Gasteiger partial charge in [0.1, 0.15) is 19.2 Å². The Balaban J connectivity index is 2.38. The predicted molar refractivity (Wildman–Crippen MR) is 81.7 cm³/mol. The number of carbonyl (C=O) groups is 3. The molecule has 0 aliphatic rings. The van der Waals surface area contributed by atoms with Crippen LogP contribution < -0.4 is 10.6 Å². The Kier molecular flexibility index (Phi) is 7.08. The van der Waals surface area contributed by atoms with Gasteiger partial charge in [-0.15, -0.1) is 0 Å². The summed E-state index contributed by atoms with van der Waals surface area (Å²) in [6.45, 7) is 4.90. The van der Waals surface area contributed by atoms with Gasteiger partial charge >= 0.3 is 5.97 Å². The predicted octanol–water partition coefficient (Wildman–Crippen LogP) is 1.01. The zero-order valence-electron chi connectivity index (χ0n) is 13.1. The van der Waals surface area contributed by atoms with Crippen LogP contribution in [0.3, 0.4) is 0 Å². The van der Waals surface area contributed by atoms with Gasteiger partial charge in [-0.05, 0) is 11.5 Å². The molecule has 0 aliphatic carbocycles. The van der Waals surface area contributed by atoms with Gasteiger partial charge in [-0.25, -0.2) is 0 Å². The highest BCUT2D eigenvalue weighted by atomic mass is 16.5. The summed E-state index contributed by atoms with van der Waals surface area (Å²) in [4.78, 5) is 34.7. The van der Waals surface area contributed by atoms with E-state index in [0.29, 0.717) is 0 Å². The van der Waals surface area contributed by atoms with Crippen molar-refractivity contribution in [2.24, 2.45) is 5.92 Å². The normalized spacial score (nSPS) is 11.6. The lowest BCUT2D eigenvalue weighted by atomic mass is 10.0. The highest BCUT2D eigenvalue weighted by Gasteiger charge is 2.23.